The third-order valence-corrected chi connectivity index (χ3v) is 3.81. The second kappa shape index (κ2) is 3.58. The zero-order valence-corrected chi connectivity index (χ0v) is 7.89. The van der Waals surface area contributed by atoms with E-state index in [0.29, 0.717) is 18.4 Å². The van der Waals surface area contributed by atoms with Crippen LogP contribution in [0.15, 0.2) is 17.5 Å². The summed E-state index contributed by atoms with van der Waals surface area (Å²) >= 11 is 1.83. The van der Waals surface area contributed by atoms with E-state index in [4.69, 9.17) is 5.11 Å². The lowest BCUT2D eigenvalue weighted by Crippen LogP contribution is -2.08. The van der Waals surface area contributed by atoms with Crippen molar-refractivity contribution in [1.82, 2.24) is 0 Å². The van der Waals surface area contributed by atoms with Crippen molar-refractivity contribution in [2.24, 2.45) is 5.92 Å². The molecule has 1 nitrogen and oxygen atoms in total. The third-order valence-electron chi connectivity index (χ3n) is 2.80. The summed E-state index contributed by atoms with van der Waals surface area (Å²) in [5.41, 5.74) is 0. The number of hydrogen-bond acceptors (Lipinski definition) is 2. The fraction of sp³-hybridized carbons (Fsp3) is 0.600. The fourth-order valence-electron chi connectivity index (χ4n) is 2.13. The van der Waals surface area contributed by atoms with Gasteiger partial charge in [-0.05, 0) is 36.1 Å². The van der Waals surface area contributed by atoms with Crippen LogP contribution in [0.5, 0.6) is 0 Å². The maximum Gasteiger partial charge on any atom is 0.0465 e. The van der Waals surface area contributed by atoms with E-state index in [9.17, 15) is 0 Å². The Morgan fingerprint density at radius 2 is 2.42 bits per heavy atom. The predicted octanol–water partition coefficient (Wildman–Crippen LogP) is 2.62. The summed E-state index contributed by atoms with van der Waals surface area (Å²) in [6.07, 6.45) is 3.76. The second-order valence-electron chi connectivity index (χ2n) is 3.50. The summed E-state index contributed by atoms with van der Waals surface area (Å²) in [6.45, 7) is 0.364. The predicted molar refractivity (Wildman–Crippen MR) is 51.5 cm³/mol. The van der Waals surface area contributed by atoms with E-state index in [1.54, 1.807) is 0 Å². The van der Waals surface area contributed by atoms with Crippen LogP contribution < -0.4 is 0 Å². The van der Waals surface area contributed by atoms with Gasteiger partial charge in [0.1, 0.15) is 0 Å². The highest BCUT2D eigenvalue weighted by Gasteiger charge is 2.28. The van der Waals surface area contributed by atoms with Gasteiger partial charge < -0.3 is 5.11 Å². The number of rotatable bonds is 2. The molecule has 0 spiro atoms. The minimum atomic E-state index is 0.364. The molecule has 1 aliphatic rings. The van der Waals surface area contributed by atoms with E-state index >= 15 is 0 Å². The Labute approximate surface area is 77.0 Å². The van der Waals surface area contributed by atoms with Gasteiger partial charge in [-0.15, -0.1) is 11.3 Å². The summed E-state index contributed by atoms with van der Waals surface area (Å²) in [6, 6.07) is 4.30. The summed E-state index contributed by atoms with van der Waals surface area (Å²) in [7, 11) is 0. The third kappa shape index (κ3) is 1.41. The molecule has 0 bridgehead atoms. The minimum Gasteiger partial charge on any atom is -0.396 e. The van der Waals surface area contributed by atoms with Gasteiger partial charge in [0, 0.05) is 11.5 Å². The molecule has 1 aromatic heterocycles. The van der Waals surface area contributed by atoms with Crippen LogP contribution in [-0.2, 0) is 0 Å². The maximum absolute atomic E-state index is 9.14. The fourth-order valence-corrected chi connectivity index (χ4v) is 3.09. The zero-order valence-electron chi connectivity index (χ0n) is 7.07. The molecule has 1 saturated carbocycles. The van der Waals surface area contributed by atoms with E-state index in [1.165, 1.54) is 24.1 Å². The Kier molecular flexibility index (Phi) is 2.47. The molecule has 66 valence electrons. The Morgan fingerprint density at radius 1 is 1.50 bits per heavy atom. The van der Waals surface area contributed by atoms with Gasteiger partial charge in [-0.25, -0.2) is 0 Å². The van der Waals surface area contributed by atoms with Crippen molar-refractivity contribution < 1.29 is 5.11 Å². The molecule has 1 aliphatic carbocycles. The van der Waals surface area contributed by atoms with Gasteiger partial charge in [-0.2, -0.15) is 0 Å². The van der Waals surface area contributed by atoms with Gasteiger partial charge in [0.25, 0.3) is 0 Å². The van der Waals surface area contributed by atoms with Crippen molar-refractivity contribution in [3.8, 4) is 0 Å². The van der Waals surface area contributed by atoms with Crippen molar-refractivity contribution in [3.63, 3.8) is 0 Å². The van der Waals surface area contributed by atoms with Gasteiger partial charge in [-0.1, -0.05) is 12.5 Å². The van der Waals surface area contributed by atoms with Crippen LogP contribution in [-0.4, -0.2) is 11.7 Å². The zero-order chi connectivity index (χ0) is 8.39. The van der Waals surface area contributed by atoms with Crippen molar-refractivity contribution in [3.05, 3.63) is 22.4 Å². The molecule has 0 aliphatic heterocycles. The van der Waals surface area contributed by atoms with Gasteiger partial charge >= 0.3 is 0 Å². The van der Waals surface area contributed by atoms with Crippen molar-refractivity contribution in [2.45, 2.75) is 25.2 Å². The lowest BCUT2D eigenvalue weighted by molar-refractivity contribution is 0.218. The molecule has 2 heteroatoms. The summed E-state index contributed by atoms with van der Waals surface area (Å²) in [5, 5.41) is 11.3. The maximum atomic E-state index is 9.14. The van der Waals surface area contributed by atoms with Gasteiger partial charge in [0.15, 0.2) is 0 Å². The number of hydrogen-bond donors (Lipinski definition) is 1. The highest BCUT2D eigenvalue weighted by Crippen LogP contribution is 2.40. The minimum absolute atomic E-state index is 0.364. The molecule has 2 atom stereocenters. The molecule has 2 unspecified atom stereocenters. The van der Waals surface area contributed by atoms with Crippen LogP contribution in [0.4, 0.5) is 0 Å². The van der Waals surface area contributed by atoms with Crippen LogP contribution in [0.3, 0.4) is 0 Å². The lowest BCUT2D eigenvalue weighted by Gasteiger charge is -2.14. The van der Waals surface area contributed by atoms with Gasteiger partial charge in [-0.3, -0.25) is 0 Å². The molecule has 0 aromatic carbocycles. The van der Waals surface area contributed by atoms with Gasteiger partial charge in [0.2, 0.25) is 0 Å². The Balaban J connectivity index is 2.13. The first-order valence-corrected chi connectivity index (χ1v) is 5.44. The first kappa shape index (κ1) is 8.27. The van der Waals surface area contributed by atoms with E-state index in [0.717, 1.165) is 0 Å². The number of aliphatic hydroxyl groups excluding tert-OH is 1. The lowest BCUT2D eigenvalue weighted by atomic mass is 9.95. The standard InChI is InChI=1S/C10H14OS/c11-7-8-3-1-4-9(8)10-5-2-6-12-10/h2,5-6,8-9,11H,1,3-4,7H2. The van der Waals surface area contributed by atoms with E-state index < -0.39 is 0 Å². The summed E-state index contributed by atoms with van der Waals surface area (Å²) in [4.78, 5) is 1.46. The van der Waals surface area contributed by atoms with Crippen molar-refractivity contribution in [2.75, 3.05) is 6.61 Å². The molecule has 0 saturated heterocycles. The van der Waals surface area contributed by atoms with Crippen molar-refractivity contribution in [1.29, 1.82) is 0 Å². The van der Waals surface area contributed by atoms with E-state index in [-0.39, 0.29) is 0 Å². The van der Waals surface area contributed by atoms with Crippen LogP contribution in [0.25, 0.3) is 0 Å². The van der Waals surface area contributed by atoms with Crippen LogP contribution in [0.1, 0.15) is 30.1 Å². The Morgan fingerprint density at radius 3 is 3.08 bits per heavy atom. The molecule has 1 fully saturated rings. The largest absolute Gasteiger partial charge is 0.396 e. The topological polar surface area (TPSA) is 20.2 Å². The first-order valence-electron chi connectivity index (χ1n) is 4.56. The van der Waals surface area contributed by atoms with Crippen molar-refractivity contribution >= 4 is 11.3 Å². The summed E-state index contributed by atoms with van der Waals surface area (Å²) in [5.74, 6) is 1.18. The monoisotopic (exact) mass is 182 g/mol. The smallest absolute Gasteiger partial charge is 0.0465 e. The van der Waals surface area contributed by atoms with E-state index in [2.05, 4.69) is 17.5 Å². The highest BCUT2D eigenvalue weighted by atomic mass is 32.1. The molecular formula is C10H14OS. The molecule has 2 rings (SSSR count). The normalized spacial score (nSPS) is 29.4. The molecule has 1 aromatic rings. The average Bonchev–Trinajstić information content (AvgIpc) is 2.74. The quantitative estimate of drug-likeness (QED) is 0.745. The Bertz CT molecular complexity index is 230. The molecular weight excluding hydrogens is 168 g/mol. The highest BCUT2D eigenvalue weighted by molar-refractivity contribution is 7.10. The van der Waals surface area contributed by atoms with Crippen LogP contribution in [0.2, 0.25) is 0 Å². The SMILES string of the molecule is OCC1CCCC1c1cccs1. The molecule has 12 heavy (non-hydrogen) atoms. The van der Waals surface area contributed by atoms with E-state index in [1.807, 2.05) is 11.3 Å². The van der Waals surface area contributed by atoms with Crippen LogP contribution >= 0.6 is 11.3 Å². The number of aliphatic hydroxyl groups is 1. The summed E-state index contributed by atoms with van der Waals surface area (Å²) < 4.78 is 0. The average molecular weight is 182 g/mol. The second-order valence-corrected chi connectivity index (χ2v) is 4.47. The first-order chi connectivity index (χ1) is 5.92. The number of thiophene rings is 1. The molecule has 0 radical (unpaired) electrons. The molecule has 1 N–H and O–H groups in total. The Hall–Kier alpha value is -0.340. The van der Waals surface area contributed by atoms with Gasteiger partial charge in [0.05, 0.1) is 0 Å². The molecule has 1 heterocycles. The van der Waals surface area contributed by atoms with Crippen LogP contribution in [0, 0.1) is 5.92 Å². The molecule has 0 amide bonds.